The molecule has 5 nitrogen and oxygen atoms in total. The molecule has 1 saturated heterocycles. The Balaban J connectivity index is 0.00000256. The van der Waals surface area contributed by atoms with E-state index in [1.54, 1.807) is 6.92 Å². The molecular formula is C11H21ClN2O3. The van der Waals surface area contributed by atoms with Crippen molar-refractivity contribution in [1.29, 1.82) is 0 Å². The highest BCUT2D eigenvalue weighted by Crippen LogP contribution is 2.15. The lowest BCUT2D eigenvalue weighted by molar-refractivity contribution is -0.143. The Morgan fingerprint density at radius 2 is 2.12 bits per heavy atom. The molecule has 1 aliphatic heterocycles. The van der Waals surface area contributed by atoms with Gasteiger partial charge in [-0.05, 0) is 25.9 Å². The van der Waals surface area contributed by atoms with Gasteiger partial charge in [0.05, 0.1) is 13.0 Å². The quantitative estimate of drug-likeness (QED) is 0.679. The van der Waals surface area contributed by atoms with Crippen LogP contribution in [-0.4, -0.2) is 38.1 Å². The number of halogens is 1. The number of ether oxygens (including phenoxy) is 1. The van der Waals surface area contributed by atoms with Gasteiger partial charge in [0.1, 0.15) is 0 Å². The SMILES string of the molecule is CCOC(=O)CCNC(=O)C(C)C1CNC1.Cl. The molecule has 6 heteroatoms. The van der Waals surface area contributed by atoms with Gasteiger partial charge in [-0.25, -0.2) is 0 Å². The fraction of sp³-hybridized carbons (Fsp3) is 0.818. The summed E-state index contributed by atoms with van der Waals surface area (Å²) in [6.45, 7) is 6.26. The Bertz CT molecular complexity index is 257. The molecule has 0 aromatic carbocycles. The first-order valence-electron chi connectivity index (χ1n) is 5.79. The number of amides is 1. The largest absolute Gasteiger partial charge is 0.466 e. The van der Waals surface area contributed by atoms with Crippen LogP contribution >= 0.6 is 12.4 Å². The molecule has 1 aliphatic rings. The Morgan fingerprint density at radius 1 is 1.47 bits per heavy atom. The van der Waals surface area contributed by atoms with Gasteiger partial charge in [0.2, 0.25) is 5.91 Å². The fourth-order valence-corrected chi connectivity index (χ4v) is 1.56. The number of esters is 1. The van der Waals surface area contributed by atoms with E-state index in [4.69, 9.17) is 4.74 Å². The summed E-state index contributed by atoms with van der Waals surface area (Å²) >= 11 is 0. The van der Waals surface area contributed by atoms with E-state index < -0.39 is 0 Å². The van der Waals surface area contributed by atoms with Crippen LogP contribution in [0.3, 0.4) is 0 Å². The third-order valence-electron chi connectivity index (χ3n) is 2.87. The summed E-state index contributed by atoms with van der Waals surface area (Å²) in [5.41, 5.74) is 0. The van der Waals surface area contributed by atoms with Gasteiger partial charge in [0.15, 0.2) is 0 Å². The third-order valence-corrected chi connectivity index (χ3v) is 2.87. The van der Waals surface area contributed by atoms with Crippen molar-refractivity contribution >= 4 is 24.3 Å². The summed E-state index contributed by atoms with van der Waals surface area (Å²) in [6, 6.07) is 0. The van der Waals surface area contributed by atoms with Crippen LogP contribution in [-0.2, 0) is 14.3 Å². The molecule has 0 aromatic heterocycles. The molecule has 1 atom stereocenters. The van der Waals surface area contributed by atoms with Gasteiger partial charge < -0.3 is 15.4 Å². The van der Waals surface area contributed by atoms with E-state index in [2.05, 4.69) is 10.6 Å². The number of carbonyl (C=O) groups excluding carboxylic acids is 2. The molecule has 1 rings (SSSR count). The zero-order valence-electron chi connectivity index (χ0n) is 10.3. The summed E-state index contributed by atoms with van der Waals surface area (Å²) in [4.78, 5) is 22.6. The minimum absolute atomic E-state index is 0. The Labute approximate surface area is 108 Å². The van der Waals surface area contributed by atoms with E-state index >= 15 is 0 Å². The Hall–Kier alpha value is -0.810. The highest BCUT2D eigenvalue weighted by atomic mass is 35.5. The van der Waals surface area contributed by atoms with Crippen LogP contribution in [0, 0.1) is 11.8 Å². The molecule has 0 saturated carbocycles. The topological polar surface area (TPSA) is 67.4 Å². The van der Waals surface area contributed by atoms with Gasteiger partial charge in [0.25, 0.3) is 0 Å². The number of rotatable bonds is 6. The van der Waals surface area contributed by atoms with Crippen molar-refractivity contribution in [2.45, 2.75) is 20.3 Å². The van der Waals surface area contributed by atoms with Crippen LogP contribution in [0.25, 0.3) is 0 Å². The Morgan fingerprint density at radius 3 is 2.59 bits per heavy atom. The zero-order valence-corrected chi connectivity index (χ0v) is 11.1. The van der Waals surface area contributed by atoms with Crippen molar-refractivity contribution in [1.82, 2.24) is 10.6 Å². The van der Waals surface area contributed by atoms with Gasteiger partial charge in [-0.15, -0.1) is 12.4 Å². The summed E-state index contributed by atoms with van der Waals surface area (Å²) in [7, 11) is 0. The van der Waals surface area contributed by atoms with Crippen LogP contribution < -0.4 is 10.6 Å². The van der Waals surface area contributed by atoms with E-state index in [0.717, 1.165) is 13.1 Å². The van der Waals surface area contributed by atoms with E-state index in [1.165, 1.54) is 0 Å². The molecule has 0 aromatic rings. The van der Waals surface area contributed by atoms with Crippen molar-refractivity contribution in [2.75, 3.05) is 26.2 Å². The van der Waals surface area contributed by atoms with Crippen molar-refractivity contribution < 1.29 is 14.3 Å². The molecule has 1 fully saturated rings. The van der Waals surface area contributed by atoms with Crippen LogP contribution in [0.4, 0.5) is 0 Å². The van der Waals surface area contributed by atoms with Crippen LogP contribution in [0.1, 0.15) is 20.3 Å². The maximum atomic E-state index is 11.6. The first-order valence-corrected chi connectivity index (χ1v) is 5.79. The van der Waals surface area contributed by atoms with Gasteiger partial charge in [0, 0.05) is 12.5 Å². The van der Waals surface area contributed by atoms with E-state index in [9.17, 15) is 9.59 Å². The fourth-order valence-electron chi connectivity index (χ4n) is 1.56. The molecule has 0 radical (unpaired) electrons. The predicted octanol–water partition coefficient (Wildman–Crippen LogP) is 0.333. The summed E-state index contributed by atoms with van der Waals surface area (Å²) in [6.07, 6.45) is 0.245. The van der Waals surface area contributed by atoms with Crippen molar-refractivity contribution in [2.24, 2.45) is 11.8 Å². The average Bonchev–Trinajstić information content (AvgIpc) is 2.15. The maximum Gasteiger partial charge on any atom is 0.307 e. The highest BCUT2D eigenvalue weighted by molar-refractivity contribution is 5.85. The number of nitrogens with one attached hydrogen (secondary N) is 2. The first-order chi connectivity index (χ1) is 7.65. The molecule has 17 heavy (non-hydrogen) atoms. The molecule has 0 aliphatic carbocycles. The normalized spacial score (nSPS) is 16.4. The van der Waals surface area contributed by atoms with Crippen molar-refractivity contribution in [3.8, 4) is 0 Å². The molecule has 1 amide bonds. The minimum Gasteiger partial charge on any atom is -0.466 e. The number of carbonyl (C=O) groups is 2. The standard InChI is InChI=1S/C11H20N2O3.ClH/c1-3-16-10(14)4-5-13-11(15)8(2)9-6-12-7-9;/h8-9,12H,3-7H2,1-2H3,(H,13,15);1H. The lowest BCUT2D eigenvalue weighted by Crippen LogP contribution is -2.49. The van der Waals surface area contributed by atoms with Gasteiger partial charge in [-0.3, -0.25) is 9.59 Å². The van der Waals surface area contributed by atoms with E-state index in [0.29, 0.717) is 19.1 Å². The van der Waals surface area contributed by atoms with E-state index in [-0.39, 0.29) is 36.6 Å². The molecular weight excluding hydrogens is 244 g/mol. The lowest BCUT2D eigenvalue weighted by Gasteiger charge is -2.31. The summed E-state index contributed by atoms with van der Waals surface area (Å²) < 4.78 is 4.76. The molecule has 2 N–H and O–H groups in total. The van der Waals surface area contributed by atoms with Crippen LogP contribution in [0.15, 0.2) is 0 Å². The smallest absolute Gasteiger partial charge is 0.307 e. The molecule has 0 spiro atoms. The summed E-state index contributed by atoms with van der Waals surface area (Å²) in [5.74, 6) is 0.211. The monoisotopic (exact) mass is 264 g/mol. The summed E-state index contributed by atoms with van der Waals surface area (Å²) in [5, 5.41) is 5.89. The van der Waals surface area contributed by atoms with E-state index in [1.807, 2.05) is 6.92 Å². The average molecular weight is 265 g/mol. The van der Waals surface area contributed by atoms with Gasteiger partial charge >= 0.3 is 5.97 Å². The molecule has 0 bridgehead atoms. The van der Waals surface area contributed by atoms with Crippen molar-refractivity contribution in [3.05, 3.63) is 0 Å². The van der Waals surface area contributed by atoms with Crippen LogP contribution in [0.5, 0.6) is 0 Å². The Kier molecular flexibility index (Phi) is 7.91. The predicted molar refractivity (Wildman–Crippen MR) is 67.0 cm³/mol. The highest BCUT2D eigenvalue weighted by Gasteiger charge is 2.28. The lowest BCUT2D eigenvalue weighted by atomic mass is 9.88. The maximum absolute atomic E-state index is 11.6. The second-order valence-corrected chi connectivity index (χ2v) is 4.05. The number of hydrogen-bond donors (Lipinski definition) is 2. The molecule has 100 valence electrons. The van der Waals surface area contributed by atoms with Crippen molar-refractivity contribution in [3.63, 3.8) is 0 Å². The second-order valence-electron chi connectivity index (χ2n) is 4.05. The third kappa shape index (κ3) is 5.37. The second kappa shape index (κ2) is 8.31. The van der Waals surface area contributed by atoms with Gasteiger partial charge in [-0.1, -0.05) is 6.92 Å². The molecule has 1 unspecified atom stereocenters. The van der Waals surface area contributed by atoms with Gasteiger partial charge in [-0.2, -0.15) is 0 Å². The van der Waals surface area contributed by atoms with Crippen LogP contribution in [0.2, 0.25) is 0 Å². The minimum atomic E-state index is -0.263. The first kappa shape index (κ1) is 16.2. The zero-order chi connectivity index (χ0) is 12.0. The molecule has 1 heterocycles. The number of hydrogen-bond acceptors (Lipinski definition) is 4.